The molecule has 0 radical (unpaired) electrons. The average Bonchev–Trinajstić information content (AvgIpc) is 3.09. The molecule has 1 aliphatic rings. The fraction of sp³-hybridized carbons (Fsp3) is 0.474. The topological polar surface area (TPSA) is 69.8 Å². The van der Waals surface area contributed by atoms with Gasteiger partial charge in [0.25, 0.3) is 0 Å². The van der Waals surface area contributed by atoms with Crippen LogP contribution in [0.2, 0.25) is 0 Å². The molecule has 0 aliphatic carbocycles. The smallest absolute Gasteiger partial charge is 0.317 e. The van der Waals surface area contributed by atoms with Gasteiger partial charge < -0.3 is 9.52 Å². The van der Waals surface area contributed by atoms with Crippen LogP contribution in [0.4, 0.5) is 0 Å². The summed E-state index contributed by atoms with van der Waals surface area (Å²) in [5.74, 6) is -0.0931. The number of benzene rings is 1. The van der Waals surface area contributed by atoms with Crippen LogP contribution in [-0.2, 0) is 11.3 Å². The molecule has 1 aromatic carbocycles. The Morgan fingerprint density at radius 3 is 2.62 bits per heavy atom. The molecule has 1 fully saturated rings. The molecule has 2 heterocycles. The number of carbonyl (C=O) groups is 1. The van der Waals surface area contributed by atoms with E-state index in [0.29, 0.717) is 11.9 Å². The van der Waals surface area contributed by atoms with Gasteiger partial charge in [0.1, 0.15) is 6.26 Å². The number of aliphatic carboxylic acids is 1. The Labute approximate surface area is 160 Å². The molecular formula is C19H26ClN3O3. The van der Waals surface area contributed by atoms with Crippen LogP contribution in [0.3, 0.4) is 0 Å². The van der Waals surface area contributed by atoms with Gasteiger partial charge in [-0.1, -0.05) is 25.1 Å². The zero-order valence-electron chi connectivity index (χ0n) is 15.0. The molecule has 0 bridgehead atoms. The quantitative estimate of drug-likeness (QED) is 0.797. The third kappa shape index (κ3) is 5.30. The first-order valence-electron chi connectivity index (χ1n) is 8.83. The molecule has 1 aliphatic heterocycles. The molecule has 1 aromatic heterocycles. The third-order valence-electron chi connectivity index (χ3n) is 4.78. The second-order valence-corrected chi connectivity index (χ2v) is 6.47. The molecule has 0 saturated carbocycles. The van der Waals surface area contributed by atoms with Gasteiger partial charge in [-0.2, -0.15) is 0 Å². The second kappa shape index (κ2) is 9.71. The van der Waals surface area contributed by atoms with E-state index in [-0.39, 0.29) is 19.0 Å². The van der Waals surface area contributed by atoms with Crippen molar-refractivity contribution in [3.8, 4) is 11.5 Å². The maximum Gasteiger partial charge on any atom is 0.317 e. The highest BCUT2D eigenvalue weighted by molar-refractivity contribution is 5.85. The van der Waals surface area contributed by atoms with Crippen molar-refractivity contribution in [2.45, 2.75) is 32.4 Å². The number of carboxylic acids is 1. The normalized spacial score (nSPS) is 15.8. The van der Waals surface area contributed by atoms with Crippen molar-refractivity contribution in [3.05, 3.63) is 42.3 Å². The SMILES string of the molecule is CCN(CC(=O)O)C1CCN(Cc2coc(-c3ccccc3)n2)CC1.Cl. The molecule has 6 nitrogen and oxygen atoms in total. The van der Waals surface area contributed by atoms with Crippen molar-refractivity contribution in [2.75, 3.05) is 26.2 Å². The highest BCUT2D eigenvalue weighted by atomic mass is 35.5. The number of oxazole rings is 1. The Balaban J connectivity index is 0.00000243. The van der Waals surface area contributed by atoms with Gasteiger partial charge in [0.2, 0.25) is 5.89 Å². The van der Waals surface area contributed by atoms with Crippen LogP contribution >= 0.6 is 12.4 Å². The number of rotatable bonds is 7. The largest absolute Gasteiger partial charge is 0.480 e. The van der Waals surface area contributed by atoms with E-state index in [2.05, 4.69) is 14.8 Å². The summed E-state index contributed by atoms with van der Waals surface area (Å²) in [7, 11) is 0. The molecular weight excluding hydrogens is 354 g/mol. The molecule has 0 unspecified atom stereocenters. The van der Waals surface area contributed by atoms with E-state index in [1.54, 1.807) is 6.26 Å². The average molecular weight is 380 g/mol. The van der Waals surface area contributed by atoms with Gasteiger partial charge in [0, 0.05) is 31.2 Å². The van der Waals surface area contributed by atoms with Crippen molar-refractivity contribution < 1.29 is 14.3 Å². The number of carboxylic acid groups (broad SMARTS) is 1. The number of nitrogens with zero attached hydrogens (tertiary/aromatic N) is 3. The first-order valence-corrected chi connectivity index (χ1v) is 8.83. The van der Waals surface area contributed by atoms with Crippen LogP contribution < -0.4 is 0 Å². The number of hydrogen-bond acceptors (Lipinski definition) is 5. The monoisotopic (exact) mass is 379 g/mol. The summed E-state index contributed by atoms with van der Waals surface area (Å²) in [6.45, 7) is 5.61. The predicted octanol–water partition coefficient (Wildman–Crippen LogP) is 3.13. The second-order valence-electron chi connectivity index (χ2n) is 6.47. The predicted molar refractivity (Wildman–Crippen MR) is 102 cm³/mol. The van der Waals surface area contributed by atoms with Gasteiger partial charge in [-0.15, -0.1) is 12.4 Å². The summed E-state index contributed by atoms with van der Waals surface area (Å²) >= 11 is 0. The Morgan fingerprint density at radius 1 is 1.31 bits per heavy atom. The number of aromatic nitrogens is 1. The summed E-state index contributed by atoms with van der Waals surface area (Å²) in [6, 6.07) is 10.3. The molecule has 7 heteroatoms. The molecule has 0 spiro atoms. The summed E-state index contributed by atoms with van der Waals surface area (Å²) < 4.78 is 5.60. The lowest BCUT2D eigenvalue weighted by Crippen LogP contribution is -2.46. The zero-order valence-corrected chi connectivity index (χ0v) is 15.8. The van der Waals surface area contributed by atoms with Gasteiger partial charge in [0.05, 0.1) is 12.2 Å². The third-order valence-corrected chi connectivity index (χ3v) is 4.78. The molecule has 3 rings (SSSR count). The van der Waals surface area contributed by atoms with Gasteiger partial charge in [-0.3, -0.25) is 14.6 Å². The van der Waals surface area contributed by atoms with E-state index < -0.39 is 5.97 Å². The number of halogens is 1. The van der Waals surface area contributed by atoms with Crippen LogP contribution in [0.15, 0.2) is 41.0 Å². The Hall–Kier alpha value is -1.89. The maximum atomic E-state index is 11.0. The van der Waals surface area contributed by atoms with Gasteiger partial charge in [-0.25, -0.2) is 4.98 Å². The van der Waals surface area contributed by atoms with Crippen molar-refractivity contribution in [1.82, 2.24) is 14.8 Å². The van der Waals surface area contributed by atoms with E-state index in [0.717, 1.165) is 50.3 Å². The molecule has 1 N–H and O–H groups in total. The summed E-state index contributed by atoms with van der Waals surface area (Å²) in [4.78, 5) is 20.0. The minimum atomic E-state index is -0.750. The fourth-order valence-electron chi connectivity index (χ4n) is 3.44. The molecule has 142 valence electrons. The van der Waals surface area contributed by atoms with E-state index in [9.17, 15) is 4.79 Å². The van der Waals surface area contributed by atoms with Crippen molar-refractivity contribution in [1.29, 1.82) is 0 Å². The highest BCUT2D eigenvalue weighted by Crippen LogP contribution is 2.21. The lowest BCUT2D eigenvalue weighted by atomic mass is 10.0. The molecule has 0 atom stereocenters. The number of hydrogen-bond donors (Lipinski definition) is 1. The Bertz CT molecular complexity index is 684. The summed E-state index contributed by atoms with van der Waals surface area (Å²) in [6.07, 6.45) is 3.71. The molecule has 2 aromatic rings. The maximum absolute atomic E-state index is 11.0. The van der Waals surface area contributed by atoms with Crippen LogP contribution in [0.25, 0.3) is 11.5 Å². The van der Waals surface area contributed by atoms with E-state index in [1.807, 2.05) is 37.3 Å². The number of likely N-dealkylation sites (tertiary alicyclic amines) is 1. The number of likely N-dealkylation sites (N-methyl/N-ethyl adjacent to an activating group) is 1. The van der Waals surface area contributed by atoms with Gasteiger partial charge >= 0.3 is 5.97 Å². The lowest BCUT2D eigenvalue weighted by Gasteiger charge is -2.37. The lowest BCUT2D eigenvalue weighted by molar-refractivity contribution is -0.139. The standard InChI is InChI=1S/C19H25N3O3.ClH/c1-2-22(13-18(23)24)17-8-10-21(11-9-17)12-16-14-25-19(20-16)15-6-4-3-5-7-15;/h3-7,14,17H,2,8-13H2,1H3,(H,23,24);1H. The van der Waals surface area contributed by atoms with Gasteiger partial charge in [0.15, 0.2) is 0 Å². The first-order chi connectivity index (χ1) is 12.2. The number of piperidine rings is 1. The highest BCUT2D eigenvalue weighted by Gasteiger charge is 2.25. The summed E-state index contributed by atoms with van der Waals surface area (Å²) in [5.41, 5.74) is 1.93. The van der Waals surface area contributed by atoms with Gasteiger partial charge in [-0.05, 0) is 31.5 Å². The van der Waals surface area contributed by atoms with E-state index >= 15 is 0 Å². The Morgan fingerprint density at radius 2 is 2.00 bits per heavy atom. The zero-order chi connectivity index (χ0) is 17.6. The minimum Gasteiger partial charge on any atom is -0.480 e. The van der Waals surface area contributed by atoms with Crippen molar-refractivity contribution >= 4 is 18.4 Å². The fourth-order valence-corrected chi connectivity index (χ4v) is 3.44. The van der Waals surface area contributed by atoms with E-state index in [4.69, 9.17) is 9.52 Å². The van der Waals surface area contributed by atoms with Crippen LogP contribution in [-0.4, -0.2) is 58.1 Å². The van der Waals surface area contributed by atoms with Crippen molar-refractivity contribution in [3.63, 3.8) is 0 Å². The molecule has 26 heavy (non-hydrogen) atoms. The van der Waals surface area contributed by atoms with Crippen molar-refractivity contribution in [2.24, 2.45) is 0 Å². The van der Waals surface area contributed by atoms with Crippen LogP contribution in [0.5, 0.6) is 0 Å². The summed E-state index contributed by atoms with van der Waals surface area (Å²) in [5, 5.41) is 9.02. The van der Waals surface area contributed by atoms with Crippen LogP contribution in [0, 0.1) is 0 Å². The van der Waals surface area contributed by atoms with Crippen LogP contribution in [0.1, 0.15) is 25.5 Å². The minimum absolute atomic E-state index is 0. The van der Waals surface area contributed by atoms with E-state index in [1.165, 1.54) is 0 Å². The Kier molecular flexibility index (Phi) is 7.63. The molecule has 0 amide bonds. The first kappa shape index (κ1) is 20.4. The molecule has 1 saturated heterocycles.